The van der Waals surface area contributed by atoms with Crippen LogP contribution in [-0.2, 0) is 4.79 Å². The Morgan fingerprint density at radius 3 is 2.52 bits per heavy atom. The molecule has 1 heterocycles. The molecule has 0 unspecified atom stereocenters. The minimum absolute atomic E-state index is 0.0632. The van der Waals surface area contributed by atoms with Crippen molar-refractivity contribution in [2.24, 2.45) is 0 Å². The molecule has 0 atom stereocenters. The zero-order valence-corrected chi connectivity index (χ0v) is 13.1. The Balaban J connectivity index is 2.54. The van der Waals surface area contributed by atoms with Gasteiger partial charge in [0.2, 0.25) is 5.91 Å². The highest BCUT2D eigenvalue weighted by molar-refractivity contribution is 6.33. The van der Waals surface area contributed by atoms with Crippen LogP contribution < -0.4 is 16.0 Å². The zero-order valence-electron chi connectivity index (χ0n) is 12.3. The summed E-state index contributed by atoms with van der Waals surface area (Å²) >= 11 is 6.06. The van der Waals surface area contributed by atoms with E-state index < -0.39 is 0 Å². The molecule has 0 aliphatic rings. The number of aromatic nitrogens is 1. The van der Waals surface area contributed by atoms with Crippen molar-refractivity contribution >= 4 is 29.2 Å². The zero-order chi connectivity index (χ0) is 15.7. The molecule has 1 aromatic heterocycles. The van der Waals surface area contributed by atoms with E-state index in [1.54, 1.807) is 0 Å². The number of carbonyl (C=O) groups excluding carboxylic acids is 2. The van der Waals surface area contributed by atoms with Gasteiger partial charge in [-0.2, -0.15) is 0 Å². The molecule has 0 saturated carbocycles. The molecule has 0 fully saturated rings. The lowest BCUT2D eigenvalue weighted by Crippen LogP contribution is -2.37. The summed E-state index contributed by atoms with van der Waals surface area (Å²) in [6.07, 6.45) is 3.24. The summed E-state index contributed by atoms with van der Waals surface area (Å²) in [5.74, 6) is -0.0423. The van der Waals surface area contributed by atoms with E-state index >= 15 is 0 Å². The second-order valence-electron chi connectivity index (χ2n) is 4.51. The molecule has 2 amide bonds. The lowest BCUT2D eigenvalue weighted by atomic mass is 10.2. The van der Waals surface area contributed by atoms with Gasteiger partial charge in [0, 0.05) is 19.3 Å². The lowest BCUT2D eigenvalue weighted by Gasteiger charge is -2.09. The predicted molar refractivity (Wildman–Crippen MR) is 83.7 cm³/mol. The van der Waals surface area contributed by atoms with Crippen molar-refractivity contribution in [2.75, 3.05) is 25.0 Å². The van der Waals surface area contributed by atoms with Crippen LogP contribution in [0.15, 0.2) is 12.3 Å². The van der Waals surface area contributed by atoms with E-state index in [-0.39, 0.29) is 18.4 Å². The van der Waals surface area contributed by atoms with Gasteiger partial charge >= 0.3 is 0 Å². The van der Waals surface area contributed by atoms with Crippen LogP contribution in [0.4, 0.5) is 5.82 Å². The van der Waals surface area contributed by atoms with Gasteiger partial charge in [-0.05, 0) is 18.9 Å². The summed E-state index contributed by atoms with van der Waals surface area (Å²) in [6, 6.07) is 1.53. The van der Waals surface area contributed by atoms with Gasteiger partial charge < -0.3 is 16.0 Å². The van der Waals surface area contributed by atoms with Crippen LogP contribution in [0.5, 0.6) is 0 Å². The molecule has 1 rings (SSSR count). The van der Waals surface area contributed by atoms with E-state index in [9.17, 15) is 9.59 Å². The van der Waals surface area contributed by atoms with E-state index in [0.29, 0.717) is 22.9 Å². The number of pyridine rings is 1. The molecule has 0 aliphatic carbocycles. The monoisotopic (exact) mass is 312 g/mol. The summed E-state index contributed by atoms with van der Waals surface area (Å²) in [7, 11) is 0. The van der Waals surface area contributed by atoms with Gasteiger partial charge in [0.1, 0.15) is 5.82 Å². The normalized spacial score (nSPS) is 10.0. The number of hydrogen-bond acceptors (Lipinski definition) is 4. The Morgan fingerprint density at radius 2 is 1.90 bits per heavy atom. The van der Waals surface area contributed by atoms with E-state index in [2.05, 4.69) is 20.9 Å². The average Bonchev–Trinajstić information content (AvgIpc) is 2.49. The van der Waals surface area contributed by atoms with Gasteiger partial charge in [0.15, 0.2) is 0 Å². The SMILES string of the molecule is CCCNC(=O)CNC(=O)c1cnc(NCCC)c(Cl)c1. The van der Waals surface area contributed by atoms with Crippen molar-refractivity contribution in [3.8, 4) is 0 Å². The fraction of sp³-hybridized carbons (Fsp3) is 0.500. The van der Waals surface area contributed by atoms with Gasteiger partial charge in [-0.25, -0.2) is 4.98 Å². The number of nitrogens with zero attached hydrogens (tertiary/aromatic N) is 1. The Bertz CT molecular complexity index is 494. The molecule has 0 radical (unpaired) electrons. The van der Waals surface area contributed by atoms with Gasteiger partial charge in [0.05, 0.1) is 17.1 Å². The van der Waals surface area contributed by atoms with Gasteiger partial charge in [-0.1, -0.05) is 25.4 Å². The van der Waals surface area contributed by atoms with Crippen molar-refractivity contribution in [2.45, 2.75) is 26.7 Å². The third kappa shape index (κ3) is 5.99. The van der Waals surface area contributed by atoms with E-state index in [1.165, 1.54) is 12.3 Å². The molecule has 7 heteroatoms. The first-order chi connectivity index (χ1) is 10.1. The van der Waals surface area contributed by atoms with Crippen LogP contribution in [0.2, 0.25) is 5.02 Å². The topological polar surface area (TPSA) is 83.1 Å². The number of nitrogens with one attached hydrogen (secondary N) is 3. The van der Waals surface area contributed by atoms with E-state index in [1.807, 2.05) is 13.8 Å². The fourth-order valence-corrected chi connectivity index (χ4v) is 1.76. The minimum atomic E-state index is -0.377. The highest BCUT2D eigenvalue weighted by Crippen LogP contribution is 2.19. The van der Waals surface area contributed by atoms with Crippen molar-refractivity contribution in [1.82, 2.24) is 15.6 Å². The fourth-order valence-electron chi connectivity index (χ4n) is 1.53. The molecule has 1 aromatic rings. The standard InChI is InChI=1S/C14H21ClN4O2/c1-3-5-16-12(20)9-19-14(21)10-7-11(15)13(18-8-10)17-6-4-2/h7-8H,3-6,9H2,1-2H3,(H,16,20)(H,17,18)(H,19,21). The Hall–Kier alpha value is -1.82. The van der Waals surface area contributed by atoms with Crippen LogP contribution in [0.1, 0.15) is 37.0 Å². The minimum Gasteiger partial charge on any atom is -0.369 e. The molecular formula is C14H21ClN4O2. The third-order valence-electron chi connectivity index (χ3n) is 2.63. The highest BCUT2D eigenvalue weighted by atomic mass is 35.5. The molecule has 0 bridgehead atoms. The van der Waals surface area contributed by atoms with E-state index in [4.69, 9.17) is 11.6 Å². The molecule has 0 aliphatic heterocycles. The maximum Gasteiger partial charge on any atom is 0.253 e. The van der Waals surface area contributed by atoms with Crippen LogP contribution in [-0.4, -0.2) is 36.4 Å². The number of rotatable bonds is 8. The number of anilines is 1. The summed E-state index contributed by atoms with van der Waals surface area (Å²) in [5, 5.41) is 8.65. The van der Waals surface area contributed by atoms with Crippen LogP contribution in [0, 0.1) is 0 Å². The molecule has 6 nitrogen and oxygen atoms in total. The predicted octanol–water partition coefficient (Wildman–Crippen LogP) is 1.81. The van der Waals surface area contributed by atoms with Crippen molar-refractivity contribution in [3.05, 3.63) is 22.8 Å². The Labute approximate surface area is 129 Å². The van der Waals surface area contributed by atoms with Gasteiger partial charge in [0.25, 0.3) is 5.91 Å². The summed E-state index contributed by atoms with van der Waals surface area (Å²) in [6.45, 7) is 5.29. The largest absolute Gasteiger partial charge is 0.369 e. The van der Waals surface area contributed by atoms with Crippen LogP contribution in [0.3, 0.4) is 0 Å². The van der Waals surface area contributed by atoms with Crippen LogP contribution >= 0.6 is 11.6 Å². The van der Waals surface area contributed by atoms with Crippen molar-refractivity contribution in [1.29, 1.82) is 0 Å². The first kappa shape index (κ1) is 17.2. The second-order valence-corrected chi connectivity index (χ2v) is 4.92. The number of carbonyl (C=O) groups is 2. The molecule has 0 spiro atoms. The van der Waals surface area contributed by atoms with Gasteiger partial charge in [-0.15, -0.1) is 0 Å². The number of hydrogen-bond donors (Lipinski definition) is 3. The number of amides is 2. The Morgan fingerprint density at radius 1 is 1.19 bits per heavy atom. The van der Waals surface area contributed by atoms with Crippen molar-refractivity contribution < 1.29 is 9.59 Å². The molecule has 0 aromatic carbocycles. The molecule has 3 N–H and O–H groups in total. The van der Waals surface area contributed by atoms with E-state index in [0.717, 1.165) is 19.4 Å². The third-order valence-corrected chi connectivity index (χ3v) is 2.92. The highest BCUT2D eigenvalue weighted by Gasteiger charge is 2.11. The summed E-state index contributed by atoms with van der Waals surface area (Å²) in [5.41, 5.74) is 0.324. The van der Waals surface area contributed by atoms with Gasteiger partial charge in [-0.3, -0.25) is 9.59 Å². The van der Waals surface area contributed by atoms with Crippen LogP contribution in [0.25, 0.3) is 0 Å². The first-order valence-corrected chi connectivity index (χ1v) is 7.40. The molecular weight excluding hydrogens is 292 g/mol. The summed E-state index contributed by atoms with van der Waals surface area (Å²) < 4.78 is 0. The Kier molecular flexibility index (Phi) is 7.53. The number of halogens is 1. The maximum absolute atomic E-state index is 11.9. The lowest BCUT2D eigenvalue weighted by molar-refractivity contribution is -0.120. The summed E-state index contributed by atoms with van der Waals surface area (Å²) in [4.78, 5) is 27.4. The molecule has 21 heavy (non-hydrogen) atoms. The average molecular weight is 313 g/mol. The smallest absolute Gasteiger partial charge is 0.253 e. The quantitative estimate of drug-likeness (QED) is 0.683. The molecule has 0 saturated heterocycles. The second kappa shape index (κ2) is 9.18. The molecule has 116 valence electrons. The maximum atomic E-state index is 11.9. The van der Waals surface area contributed by atoms with Crippen molar-refractivity contribution in [3.63, 3.8) is 0 Å². The first-order valence-electron chi connectivity index (χ1n) is 7.02.